The van der Waals surface area contributed by atoms with Gasteiger partial charge in [-0.15, -0.1) is 5.11 Å². The van der Waals surface area contributed by atoms with Crippen LogP contribution in [-0.4, -0.2) is 14.6 Å². The lowest BCUT2D eigenvalue weighted by molar-refractivity contribution is -0.384. The highest BCUT2D eigenvalue weighted by atomic mass is 16.6. The van der Waals surface area contributed by atoms with Crippen LogP contribution in [0.15, 0.2) is 47.3 Å². The Kier molecular flexibility index (Phi) is 2.26. The van der Waals surface area contributed by atoms with Crippen molar-refractivity contribution >= 4 is 11.4 Å². The quantitative estimate of drug-likeness (QED) is 0.596. The Bertz CT molecular complexity index is 621. The van der Waals surface area contributed by atoms with E-state index in [4.69, 9.17) is 0 Å². The van der Waals surface area contributed by atoms with E-state index in [1.54, 1.807) is 34.6 Å². The molecule has 0 radical (unpaired) electrons. The molecule has 0 amide bonds. The van der Waals surface area contributed by atoms with Crippen LogP contribution in [0.3, 0.4) is 0 Å². The molecule has 8 nitrogen and oxygen atoms in total. The maximum absolute atomic E-state index is 10.6. The summed E-state index contributed by atoms with van der Waals surface area (Å²) in [4.78, 5) is 14.1. The van der Waals surface area contributed by atoms with Gasteiger partial charge in [-0.25, -0.2) is 9.66 Å². The fraction of sp³-hybridized carbons (Fsp3) is 0.100. The van der Waals surface area contributed by atoms with Crippen molar-refractivity contribution in [1.82, 2.24) is 9.66 Å². The van der Waals surface area contributed by atoms with Gasteiger partial charge < -0.3 is 0 Å². The van der Waals surface area contributed by atoms with Crippen LogP contribution in [0.2, 0.25) is 0 Å². The summed E-state index contributed by atoms with van der Waals surface area (Å²) in [6.45, 7) is 0.493. The molecule has 0 N–H and O–H groups in total. The maximum Gasteiger partial charge on any atom is 0.271 e. The molecule has 0 unspecified atom stereocenters. The van der Waals surface area contributed by atoms with Crippen molar-refractivity contribution in [2.24, 2.45) is 10.3 Å². The number of nitro groups is 1. The van der Waals surface area contributed by atoms with E-state index in [1.165, 1.54) is 12.1 Å². The predicted molar refractivity (Wildman–Crippen MR) is 61.8 cm³/mol. The number of imidazole rings is 1. The number of non-ortho nitro benzene ring substituents is 1. The molecule has 0 bridgehead atoms. The van der Waals surface area contributed by atoms with Crippen LogP contribution < -0.4 is 5.12 Å². The molecule has 0 spiro atoms. The van der Waals surface area contributed by atoms with Crippen molar-refractivity contribution in [3.8, 4) is 0 Å². The first kappa shape index (κ1) is 10.4. The summed E-state index contributed by atoms with van der Waals surface area (Å²) in [6, 6.07) is 4.57. The molecule has 0 fully saturated rings. The molecule has 1 aromatic carbocycles. The number of hydrogen-bond acceptors (Lipinski definition) is 6. The second kappa shape index (κ2) is 3.91. The third kappa shape index (κ3) is 1.69. The zero-order chi connectivity index (χ0) is 12.5. The highest BCUT2D eigenvalue weighted by Gasteiger charge is 2.17. The van der Waals surface area contributed by atoms with E-state index in [1.807, 2.05) is 0 Å². The minimum Gasteiger partial charge on any atom is -0.258 e. The molecule has 18 heavy (non-hydrogen) atoms. The van der Waals surface area contributed by atoms with Crippen LogP contribution in [-0.2, 0) is 6.54 Å². The Morgan fingerprint density at radius 1 is 1.39 bits per heavy atom. The number of fused-ring (bicyclic) bond motifs is 1. The van der Waals surface area contributed by atoms with Gasteiger partial charge in [0.05, 0.1) is 17.2 Å². The number of nitrogens with zero attached hydrogens (tertiary/aromatic N) is 6. The number of benzene rings is 1. The molecule has 1 aromatic heterocycles. The lowest BCUT2D eigenvalue weighted by Gasteiger charge is -2.22. The molecule has 8 heteroatoms. The maximum atomic E-state index is 10.6. The van der Waals surface area contributed by atoms with E-state index in [-0.39, 0.29) is 5.69 Å². The summed E-state index contributed by atoms with van der Waals surface area (Å²) in [5.74, 6) is 0. The molecule has 2 aromatic rings. The third-order valence-corrected chi connectivity index (χ3v) is 2.60. The summed E-state index contributed by atoms with van der Waals surface area (Å²) < 4.78 is 1.69. The average Bonchev–Trinajstić information content (AvgIpc) is 2.91. The molecule has 0 aliphatic carbocycles. The molecule has 0 saturated carbocycles. The van der Waals surface area contributed by atoms with Crippen molar-refractivity contribution < 1.29 is 4.92 Å². The summed E-state index contributed by atoms with van der Waals surface area (Å²) in [5, 5.41) is 20.2. The van der Waals surface area contributed by atoms with E-state index >= 15 is 0 Å². The van der Waals surface area contributed by atoms with Gasteiger partial charge in [0.2, 0.25) is 0 Å². The van der Waals surface area contributed by atoms with Crippen molar-refractivity contribution in [2.75, 3.05) is 5.12 Å². The SMILES string of the molecule is O=[N+]([O-])c1ccc2c(c1)N=NN(n1ccnc1)C2. The van der Waals surface area contributed by atoms with Gasteiger partial charge in [-0.2, -0.15) is 5.12 Å². The Morgan fingerprint density at radius 3 is 3.00 bits per heavy atom. The first-order valence-corrected chi connectivity index (χ1v) is 5.19. The molecule has 3 rings (SSSR count). The molecule has 0 atom stereocenters. The zero-order valence-electron chi connectivity index (χ0n) is 9.17. The second-order valence-electron chi connectivity index (χ2n) is 3.73. The number of aromatic nitrogens is 2. The van der Waals surface area contributed by atoms with E-state index in [0.29, 0.717) is 12.2 Å². The zero-order valence-corrected chi connectivity index (χ0v) is 9.17. The van der Waals surface area contributed by atoms with Crippen LogP contribution >= 0.6 is 0 Å². The minimum atomic E-state index is -0.446. The van der Waals surface area contributed by atoms with Gasteiger partial charge >= 0.3 is 0 Å². The first-order chi connectivity index (χ1) is 8.74. The fourth-order valence-corrected chi connectivity index (χ4v) is 1.69. The Labute approximate surface area is 101 Å². The summed E-state index contributed by atoms with van der Waals surface area (Å²) in [5.41, 5.74) is 1.42. The van der Waals surface area contributed by atoms with Crippen LogP contribution in [0.5, 0.6) is 0 Å². The Morgan fingerprint density at radius 2 is 2.28 bits per heavy atom. The van der Waals surface area contributed by atoms with E-state index in [2.05, 4.69) is 15.3 Å². The van der Waals surface area contributed by atoms with Crippen molar-refractivity contribution in [3.63, 3.8) is 0 Å². The van der Waals surface area contributed by atoms with Crippen molar-refractivity contribution in [3.05, 3.63) is 52.6 Å². The van der Waals surface area contributed by atoms with Gasteiger partial charge in [-0.1, -0.05) is 0 Å². The third-order valence-electron chi connectivity index (χ3n) is 2.60. The minimum absolute atomic E-state index is 0.0174. The number of nitro benzene ring substituents is 1. The standard InChI is InChI=1S/C10H8N6O2/c17-16(18)9-2-1-8-6-15(13-12-10(8)5-9)14-4-3-11-7-14/h1-5,7H,6H2. The highest BCUT2D eigenvalue weighted by molar-refractivity contribution is 5.54. The lowest BCUT2D eigenvalue weighted by Crippen LogP contribution is -2.28. The molecule has 1 aliphatic heterocycles. The molecular formula is C10H8N6O2. The van der Waals surface area contributed by atoms with E-state index in [0.717, 1.165) is 5.56 Å². The highest BCUT2D eigenvalue weighted by Crippen LogP contribution is 2.29. The summed E-state index contributed by atoms with van der Waals surface area (Å²) >= 11 is 0. The van der Waals surface area contributed by atoms with Crippen LogP contribution in [0.1, 0.15) is 5.56 Å². The summed E-state index contributed by atoms with van der Waals surface area (Å²) in [6.07, 6.45) is 4.99. The van der Waals surface area contributed by atoms with E-state index < -0.39 is 4.92 Å². The van der Waals surface area contributed by atoms with Crippen LogP contribution in [0.25, 0.3) is 0 Å². The normalized spacial score (nSPS) is 13.4. The molecule has 0 saturated heterocycles. The molecular weight excluding hydrogens is 236 g/mol. The molecule has 90 valence electrons. The smallest absolute Gasteiger partial charge is 0.258 e. The first-order valence-electron chi connectivity index (χ1n) is 5.19. The Balaban J connectivity index is 1.93. The molecule has 1 aliphatic rings. The van der Waals surface area contributed by atoms with Gasteiger partial charge in [-0.05, 0) is 11.3 Å². The van der Waals surface area contributed by atoms with Gasteiger partial charge in [0.25, 0.3) is 5.69 Å². The number of rotatable bonds is 2. The number of hydrogen-bond donors (Lipinski definition) is 0. The van der Waals surface area contributed by atoms with Gasteiger partial charge in [0.15, 0.2) is 0 Å². The summed E-state index contributed by atoms with van der Waals surface area (Å²) in [7, 11) is 0. The fourth-order valence-electron chi connectivity index (χ4n) is 1.69. The van der Waals surface area contributed by atoms with Crippen molar-refractivity contribution in [1.29, 1.82) is 0 Å². The van der Waals surface area contributed by atoms with Crippen molar-refractivity contribution in [2.45, 2.75) is 6.54 Å². The van der Waals surface area contributed by atoms with Gasteiger partial charge in [0, 0.05) is 30.1 Å². The van der Waals surface area contributed by atoms with Gasteiger partial charge in [-0.3, -0.25) is 10.1 Å². The van der Waals surface area contributed by atoms with Crippen LogP contribution in [0.4, 0.5) is 11.4 Å². The largest absolute Gasteiger partial charge is 0.271 e. The van der Waals surface area contributed by atoms with E-state index in [9.17, 15) is 10.1 Å². The predicted octanol–water partition coefficient (Wildman–Crippen LogP) is 1.94. The van der Waals surface area contributed by atoms with Crippen LogP contribution in [0, 0.1) is 10.1 Å². The topological polar surface area (TPSA) is 88.9 Å². The molecule has 2 heterocycles. The average molecular weight is 244 g/mol. The monoisotopic (exact) mass is 244 g/mol. The van der Waals surface area contributed by atoms with Gasteiger partial charge in [0.1, 0.15) is 6.33 Å². The second-order valence-corrected chi connectivity index (χ2v) is 3.73. The Hall–Kier alpha value is -2.77. The lowest BCUT2D eigenvalue weighted by atomic mass is 10.1.